The predicted octanol–water partition coefficient (Wildman–Crippen LogP) is 2.68. The molecule has 7 heteroatoms. The van der Waals surface area contributed by atoms with Crippen molar-refractivity contribution in [3.05, 3.63) is 34.2 Å². The highest BCUT2D eigenvalue weighted by Gasteiger charge is 2.11. The molecule has 0 bridgehead atoms. The SMILES string of the molecule is CCCCn1c(SCc2cc(OC)ccc2OC)n[nH]c1=O. The maximum Gasteiger partial charge on any atom is 0.343 e. The van der Waals surface area contributed by atoms with Gasteiger partial charge in [-0.1, -0.05) is 25.1 Å². The third kappa shape index (κ3) is 3.85. The van der Waals surface area contributed by atoms with Gasteiger partial charge in [0.2, 0.25) is 0 Å². The van der Waals surface area contributed by atoms with Crippen LogP contribution in [-0.2, 0) is 12.3 Å². The molecular weight excluding hydrogens is 302 g/mol. The number of nitrogens with one attached hydrogen (secondary N) is 1. The van der Waals surface area contributed by atoms with Crippen LogP contribution in [0.25, 0.3) is 0 Å². The minimum atomic E-state index is -0.159. The van der Waals surface area contributed by atoms with Gasteiger partial charge in [-0.2, -0.15) is 0 Å². The molecule has 0 amide bonds. The molecule has 0 saturated carbocycles. The first-order valence-electron chi connectivity index (χ1n) is 7.18. The molecule has 2 aromatic rings. The molecule has 6 nitrogen and oxygen atoms in total. The van der Waals surface area contributed by atoms with Crippen LogP contribution in [0, 0.1) is 0 Å². The van der Waals surface area contributed by atoms with E-state index in [2.05, 4.69) is 17.1 Å². The summed E-state index contributed by atoms with van der Waals surface area (Å²) < 4.78 is 12.3. The first-order chi connectivity index (χ1) is 10.7. The Bertz CT molecular complexity index is 666. The Balaban J connectivity index is 2.14. The Kier molecular flexibility index (Phi) is 5.94. The second-order valence-corrected chi connectivity index (χ2v) is 5.73. The van der Waals surface area contributed by atoms with Gasteiger partial charge in [-0.15, -0.1) is 5.10 Å². The van der Waals surface area contributed by atoms with Crippen molar-refractivity contribution in [3.63, 3.8) is 0 Å². The predicted molar refractivity (Wildman–Crippen MR) is 86.9 cm³/mol. The summed E-state index contributed by atoms with van der Waals surface area (Å²) in [5.41, 5.74) is 0.845. The summed E-state index contributed by atoms with van der Waals surface area (Å²) in [4.78, 5) is 11.8. The number of unbranched alkanes of at least 4 members (excludes halogenated alkanes) is 1. The maximum atomic E-state index is 11.8. The molecule has 0 spiro atoms. The fourth-order valence-electron chi connectivity index (χ4n) is 2.06. The summed E-state index contributed by atoms with van der Waals surface area (Å²) in [6.45, 7) is 2.78. The van der Waals surface area contributed by atoms with E-state index < -0.39 is 0 Å². The normalized spacial score (nSPS) is 10.7. The number of aromatic amines is 1. The first kappa shape index (κ1) is 16.5. The number of nitrogens with zero attached hydrogens (tertiary/aromatic N) is 2. The summed E-state index contributed by atoms with van der Waals surface area (Å²) in [5.74, 6) is 2.23. The average Bonchev–Trinajstić information content (AvgIpc) is 2.90. The van der Waals surface area contributed by atoms with Crippen LogP contribution in [0.3, 0.4) is 0 Å². The van der Waals surface area contributed by atoms with Gasteiger partial charge < -0.3 is 9.47 Å². The van der Waals surface area contributed by atoms with Crippen LogP contribution in [0.15, 0.2) is 28.2 Å². The van der Waals surface area contributed by atoms with Gasteiger partial charge in [-0.25, -0.2) is 9.89 Å². The average molecular weight is 323 g/mol. The molecule has 0 radical (unpaired) electrons. The Labute approximate surface area is 133 Å². The number of methoxy groups -OCH3 is 2. The minimum absolute atomic E-state index is 0.159. The molecule has 120 valence electrons. The Morgan fingerprint density at radius 3 is 2.82 bits per heavy atom. The monoisotopic (exact) mass is 323 g/mol. The molecule has 1 N–H and O–H groups in total. The number of hydrogen-bond donors (Lipinski definition) is 1. The van der Waals surface area contributed by atoms with E-state index in [4.69, 9.17) is 9.47 Å². The van der Waals surface area contributed by atoms with E-state index in [1.807, 2.05) is 18.2 Å². The number of rotatable bonds is 8. The van der Waals surface area contributed by atoms with Crippen molar-refractivity contribution in [3.8, 4) is 11.5 Å². The first-order valence-corrected chi connectivity index (χ1v) is 8.17. The lowest BCUT2D eigenvalue weighted by Crippen LogP contribution is -2.17. The molecule has 0 saturated heterocycles. The number of thioether (sulfide) groups is 1. The van der Waals surface area contributed by atoms with Crippen LogP contribution in [-0.4, -0.2) is 29.0 Å². The Hall–Kier alpha value is -1.89. The zero-order chi connectivity index (χ0) is 15.9. The summed E-state index contributed by atoms with van der Waals surface area (Å²) in [6.07, 6.45) is 1.99. The molecule has 0 unspecified atom stereocenters. The summed E-state index contributed by atoms with van der Waals surface area (Å²) in [5, 5.41) is 7.31. The summed E-state index contributed by atoms with van der Waals surface area (Å²) >= 11 is 1.51. The fourth-order valence-corrected chi connectivity index (χ4v) is 3.01. The van der Waals surface area contributed by atoms with Crippen LogP contribution in [0.1, 0.15) is 25.3 Å². The molecule has 1 aromatic carbocycles. The summed E-state index contributed by atoms with van der Waals surface area (Å²) in [6, 6.07) is 5.68. The van der Waals surface area contributed by atoms with Crippen LogP contribution < -0.4 is 15.2 Å². The van der Waals surface area contributed by atoms with Crippen molar-refractivity contribution in [2.75, 3.05) is 14.2 Å². The van der Waals surface area contributed by atoms with Crippen LogP contribution >= 0.6 is 11.8 Å². The highest BCUT2D eigenvalue weighted by Crippen LogP contribution is 2.29. The van der Waals surface area contributed by atoms with E-state index in [1.54, 1.807) is 18.8 Å². The molecule has 0 aliphatic rings. The van der Waals surface area contributed by atoms with Gasteiger partial charge in [-0.05, 0) is 24.6 Å². The lowest BCUT2D eigenvalue weighted by atomic mass is 10.2. The van der Waals surface area contributed by atoms with Crippen molar-refractivity contribution in [1.29, 1.82) is 0 Å². The smallest absolute Gasteiger partial charge is 0.343 e. The quantitative estimate of drug-likeness (QED) is 0.756. The van der Waals surface area contributed by atoms with Gasteiger partial charge in [0.15, 0.2) is 5.16 Å². The van der Waals surface area contributed by atoms with E-state index in [9.17, 15) is 4.79 Å². The molecule has 1 aromatic heterocycles. The maximum absolute atomic E-state index is 11.8. The van der Waals surface area contributed by atoms with E-state index in [0.29, 0.717) is 17.5 Å². The zero-order valence-corrected chi connectivity index (χ0v) is 13.9. The molecule has 2 rings (SSSR count). The third-order valence-electron chi connectivity index (χ3n) is 3.30. The lowest BCUT2D eigenvalue weighted by Gasteiger charge is -2.10. The lowest BCUT2D eigenvalue weighted by molar-refractivity contribution is 0.400. The van der Waals surface area contributed by atoms with Gasteiger partial charge >= 0.3 is 5.69 Å². The number of benzene rings is 1. The van der Waals surface area contributed by atoms with Crippen LogP contribution in [0.4, 0.5) is 0 Å². The number of hydrogen-bond acceptors (Lipinski definition) is 5. The van der Waals surface area contributed by atoms with Gasteiger partial charge in [0.1, 0.15) is 11.5 Å². The largest absolute Gasteiger partial charge is 0.497 e. The molecule has 0 atom stereocenters. The van der Waals surface area contributed by atoms with Crippen molar-refractivity contribution in [2.24, 2.45) is 0 Å². The highest BCUT2D eigenvalue weighted by molar-refractivity contribution is 7.98. The third-order valence-corrected chi connectivity index (χ3v) is 4.33. The molecule has 0 fully saturated rings. The van der Waals surface area contributed by atoms with E-state index in [1.165, 1.54) is 11.8 Å². The molecular formula is C15H21N3O3S. The van der Waals surface area contributed by atoms with E-state index in [-0.39, 0.29) is 5.69 Å². The number of H-pyrrole nitrogens is 1. The van der Waals surface area contributed by atoms with Crippen molar-refractivity contribution in [1.82, 2.24) is 14.8 Å². The van der Waals surface area contributed by atoms with E-state index >= 15 is 0 Å². The number of ether oxygens (including phenoxy) is 2. The zero-order valence-electron chi connectivity index (χ0n) is 13.1. The number of aromatic nitrogens is 3. The van der Waals surface area contributed by atoms with Gasteiger partial charge in [-0.3, -0.25) is 4.57 Å². The molecule has 0 aliphatic heterocycles. The van der Waals surface area contributed by atoms with Crippen molar-refractivity contribution >= 4 is 11.8 Å². The second-order valence-electron chi connectivity index (χ2n) is 4.78. The van der Waals surface area contributed by atoms with Gasteiger partial charge in [0.25, 0.3) is 0 Å². The second kappa shape index (κ2) is 7.93. The molecule has 0 aliphatic carbocycles. The van der Waals surface area contributed by atoms with Gasteiger partial charge in [0.05, 0.1) is 14.2 Å². The Morgan fingerprint density at radius 2 is 2.14 bits per heavy atom. The molecule has 22 heavy (non-hydrogen) atoms. The standard InChI is InChI=1S/C15H21N3O3S/c1-4-5-8-18-14(19)16-17-15(18)22-10-11-9-12(20-2)6-7-13(11)21-3/h6-7,9H,4-5,8,10H2,1-3H3,(H,16,19). The topological polar surface area (TPSA) is 69.1 Å². The minimum Gasteiger partial charge on any atom is -0.497 e. The highest BCUT2D eigenvalue weighted by atomic mass is 32.2. The summed E-state index contributed by atoms with van der Waals surface area (Å²) in [7, 11) is 3.27. The van der Waals surface area contributed by atoms with Gasteiger partial charge in [0, 0.05) is 17.9 Å². The molecule has 1 heterocycles. The van der Waals surface area contributed by atoms with Crippen LogP contribution in [0.5, 0.6) is 11.5 Å². The van der Waals surface area contributed by atoms with Crippen molar-refractivity contribution < 1.29 is 9.47 Å². The fraction of sp³-hybridized carbons (Fsp3) is 0.467. The Morgan fingerprint density at radius 1 is 1.32 bits per heavy atom. The van der Waals surface area contributed by atoms with E-state index in [0.717, 1.165) is 29.9 Å². The van der Waals surface area contributed by atoms with Crippen LogP contribution in [0.2, 0.25) is 0 Å². The van der Waals surface area contributed by atoms with Crippen molar-refractivity contribution in [2.45, 2.75) is 37.2 Å².